The standard InChI is InChI=1S/C10H18N2O3/c1-7(11)8(13)12-10(9(14)15-2)5-3-4-6-10/h7H,3-6,11H2,1-2H3,(H,12,13)/t7-/m0/s1. The number of carbonyl (C=O) groups excluding carboxylic acids is 2. The summed E-state index contributed by atoms with van der Waals surface area (Å²) in [6, 6.07) is -0.605. The van der Waals surface area contributed by atoms with Crippen LogP contribution in [0.25, 0.3) is 0 Å². The fourth-order valence-electron chi connectivity index (χ4n) is 1.90. The normalized spacial score (nSPS) is 20.7. The van der Waals surface area contributed by atoms with E-state index in [0.29, 0.717) is 12.8 Å². The van der Waals surface area contributed by atoms with Crippen LogP contribution in [-0.4, -0.2) is 30.6 Å². The molecule has 0 spiro atoms. The Kier molecular flexibility index (Phi) is 3.68. The number of amides is 1. The second-order valence-electron chi connectivity index (χ2n) is 4.06. The third kappa shape index (κ3) is 2.47. The predicted octanol–water partition coefficient (Wildman–Crippen LogP) is -0.0644. The molecule has 0 aromatic carbocycles. The summed E-state index contributed by atoms with van der Waals surface area (Å²) in [6.45, 7) is 1.59. The number of nitrogens with one attached hydrogen (secondary N) is 1. The van der Waals surface area contributed by atoms with E-state index in [1.807, 2.05) is 0 Å². The molecule has 0 unspecified atom stereocenters. The molecule has 1 amide bonds. The minimum atomic E-state index is -0.834. The maximum absolute atomic E-state index is 11.6. The van der Waals surface area contributed by atoms with E-state index in [2.05, 4.69) is 5.32 Å². The van der Waals surface area contributed by atoms with Gasteiger partial charge < -0.3 is 15.8 Å². The lowest BCUT2D eigenvalue weighted by atomic mass is 9.97. The van der Waals surface area contributed by atoms with E-state index in [-0.39, 0.29) is 11.9 Å². The molecule has 5 nitrogen and oxygen atoms in total. The first-order valence-electron chi connectivity index (χ1n) is 5.18. The molecule has 86 valence electrons. The van der Waals surface area contributed by atoms with Crippen molar-refractivity contribution in [2.75, 3.05) is 7.11 Å². The van der Waals surface area contributed by atoms with Gasteiger partial charge >= 0.3 is 5.97 Å². The molecule has 1 saturated carbocycles. The molecule has 5 heteroatoms. The van der Waals surface area contributed by atoms with Crippen molar-refractivity contribution in [1.82, 2.24) is 5.32 Å². The van der Waals surface area contributed by atoms with E-state index in [1.165, 1.54) is 7.11 Å². The van der Waals surface area contributed by atoms with Crippen LogP contribution in [0.1, 0.15) is 32.6 Å². The van der Waals surface area contributed by atoms with Crippen LogP contribution in [0, 0.1) is 0 Å². The lowest BCUT2D eigenvalue weighted by molar-refractivity contribution is -0.150. The van der Waals surface area contributed by atoms with Crippen LogP contribution < -0.4 is 11.1 Å². The zero-order chi connectivity index (χ0) is 11.5. The molecule has 1 rings (SSSR count). The largest absolute Gasteiger partial charge is 0.467 e. The average molecular weight is 214 g/mol. The van der Waals surface area contributed by atoms with Crippen LogP contribution in [0.4, 0.5) is 0 Å². The van der Waals surface area contributed by atoms with Gasteiger partial charge in [-0.25, -0.2) is 4.79 Å². The summed E-state index contributed by atoms with van der Waals surface area (Å²) < 4.78 is 4.72. The zero-order valence-electron chi connectivity index (χ0n) is 9.21. The number of nitrogens with two attached hydrogens (primary N) is 1. The highest BCUT2D eigenvalue weighted by atomic mass is 16.5. The van der Waals surface area contributed by atoms with Gasteiger partial charge in [0, 0.05) is 0 Å². The summed E-state index contributed by atoms with van der Waals surface area (Å²) in [4.78, 5) is 23.1. The van der Waals surface area contributed by atoms with Gasteiger partial charge in [-0.1, -0.05) is 12.8 Å². The van der Waals surface area contributed by atoms with E-state index in [1.54, 1.807) is 6.92 Å². The molecule has 0 heterocycles. The molecular weight excluding hydrogens is 196 g/mol. The van der Waals surface area contributed by atoms with Gasteiger partial charge in [0.1, 0.15) is 5.54 Å². The van der Waals surface area contributed by atoms with E-state index < -0.39 is 11.6 Å². The monoisotopic (exact) mass is 214 g/mol. The van der Waals surface area contributed by atoms with Crippen LogP contribution >= 0.6 is 0 Å². The summed E-state index contributed by atoms with van der Waals surface area (Å²) >= 11 is 0. The third-order valence-electron chi connectivity index (χ3n) is 2.81. The number of methoxy groups -OCH3 is 1. The number of hydrogen-bond acceptors (Lipinski definition) is 4. The molecule has 0 aromatic heterocycles. The Morgan fingerprint density at radius 3 is 2.33 bits per heavy atom. The Morgan fingerprint density at radius 1 is 1.40 bits per heavy atom. The van der Waals surface area contributed by atoms with Crippen molar-refractivity contribution in [2.45, 2.75) is 44.2 Å². The lowest BCUT2D eigenvalue weighted by Gasteiger charge is -2.27. The second-order valence-corrected chi connectivity index (χ2v) is 4.06. The highest BCUT2D eigenvalue weighted by Crippen LogP contribution is 2.30. The number of hydrogen-bond donors (Lipinski definition) is 2. The van der Waals surface area contributed by atoms with Gasteiger partial charge in [-0.05, 0) is 19.8 Å². The topological polar surface area (TPSA) is 81.4 Å². The van der Waals surface area contributed by atoms with Gasteiger partial charge in [-0.3, -0.25) is 4.79 Å². The Labute approximate surface area is 89.3 Å². The van der Waals surface area contributed by atoms with Crippen molar-refractivity contribution in [1.29, 1.82) is 0 Å². The van der Waals surface area contributed by atoms with Crippen LogP contribution in [-0.2, 0) is 14.3 Å². The SMILES string of the molecule is COC(=O)C1(NC(=O)[C@H](C)N)CCCC1. The Bertz CT molecular complexity index is 257. The van der Waals surface area contributed by atoms with Gasteiger partial charge in [-0.15, -0.1) is 0 Å². The van der Waals surface area contributed by atoms with Gasteiger partial charge in [-0.2, -0.15) is 0 Å². The molecule has 3 N–H and O–H groups in total. The summed E-state index contributed by atoms with van der Waals surface area (Å²) in [5.41, 5.74) is 4.62. The highest BCUT2D eigenvalue weighted by molar-refractivity contribution is 5.90. The van der Waals surface area contributed by atoms with Crippen molar-refractivity contribution in [3.05, 3.63) is 0 Å². The van der Waals surface area contributed by atoms with Crippen molar-refractivity contribution in [3.8, 4) is 0 Å². The van der Waals surface area contributed by atoms with E-state index in [9.17, 15) is 9.59 Å². The fourth-order valence-corrected chi connectivity index (χ4v) is 1.90. The van der Waals surface area contributed by atoms with Crippen LogP contribution in [0.15, 0.2) is 0 Å². The fraction of sp³-hybridized carbons (Fsp3) is 0.800. The smallest absolute Gasteiger partial charge is 0.331 e. The van der Waals surface area contributed by atoms with Crippen LogP contribution in [0.5, 0.6) is 0 Å². The average Bonchev–Trinajstić information content (AvgIpc) is 2.66. The molecule has 0 bridgehead atoms. The Hall–Kier alpha value is -1.10. The molecule has 1 aliphatic carbocycles. The van der Waals surface area contributed by atoms with Gasteiger partial charge in [0.2, 0.25) is 5.91 Å². The minimum Gasteiger partial charge on any atom is -0.467 e. The highest BCUT2D eigenvalue weighted by Gasteiger charge is 2.43. The van der Waals surface area contributed by atoms with Crippen molar-refractivity contribution in [3.63, 3.8) is 0 Å². The summed E-state index contributed by atoms with van der Waals surface area (Å²) in [5.74, 6) is -0.670. The molecule has 15 heavy (non-hydrogen) atoms. The predicted molar refractivity (Wildman–Crippen MR) is 55.0 cm³/mol. The van der Waals surface area contributed by atoms with Gasteiger partial charge in [0.05, 0.1) is 13.2 Å². The molecule has 1 aliphatic rings. The number of esters is 1. The van der Waals surface area contributed by atoms with Gasteiger partial charge in [0.25, 0.3) is 0 Å². The van der Waals surface area contributed by atoms with Gasteiger partial charge in [0.15, 0.2) is 0 Å². The molecular formula is C10H18N2O3. The molecule has 0 aromatic rings. The maximum atomic E-state index is 11.6. The number of rotatable bonds is 3. The van der Waals surface area contributed by atoms with Crippen molar-refractivity contribution >= 4 is 11.9 Å². The van der Waals surface area contributed by atoms with E-state index in [4.69, 9.17) is 10.5 Å². The minimum absolute atomic E-state index is 0.303. The van der Waals surface area contributed by atoms with Crippen LogP contribution in [0.2, 0.25) is 0 Å². The molecule has 1 fully saturated rings. The Balaban J connectivity index is 2.74. The third-order valence-corrected chi connectivity index (χ3v) is 2.81. The molecule has 0 saturated heterocycles. The van der Waals surface area contributed by atoms with Crippen molar-refractivity contribution < 1.29 is 14.3 Å². The second kappa shape index (κ2) is 4.61. The molecule has 0 aliphatic heterocycles. The van der Waals surface area contributed by atoms with E-state index in [0.717, 1.165) is 12.8 Å². The first-order valence-corrected chi connectivity index (χ1v) is 5.18. The van der Waals surface area contributed by atoms with E-state index >= 15 is 0 Å². The number of carbonyl (C=O) groups is 2. The lowest BCUT2D eigenvalue weighted by Crippen LogP contribution is -2.56. The summed E-state index contributed by atoms with van der Waals surface area (Å²) in [6.07, 6.45) is 3.12. The summed E-state index contributed by atoms with van der Waals surface area (Å²) in [5, 5.41) is 2.70. The number of ether oxygens (including phenoxy) is 1. The summed E-state index contributed by atoms with van der Waals surface area (Å²) in [7, 11) is 1.33. The quantitative estimate of drug-likeness (QED) is 0.645. The molecule has 1 atom stereocenters. The zero-order valence-corrected chi connectivity index (χ0v) is 9.21. The first kappa shape index (κ1) is 12.0. The Morgan fingerprint density at radius 2 is 1.93 bits per heavy atom. The molecule has 0 radical (unpaired) electrons. The first-order chi connectivity index (χ1) is 7.02. The van der Waals surface area contributed by atoms with Crippen molar-refractivity contribution in [2.24, 2.45) is 5.73 Å². The maximum Gasteiger partial charge on any atom is 0.331 e. The van der Waals surface area contributed by atoms with Crippen LogP contribution in [0.3, 0.4) is 0 Å².